The van der Waals surface area contributed by atoms with Gasteiger partial charge < -0.3 is 60.2 Å². The molecule has 4 aromatic carbocycles. The van der Waals surface area contributed by atoms with E-state index in [1.54, 1.807) is 59.4 Å². The van der Waals surface area contributed by atoms with E-state index in [0.717, 1.165) is 68.9 Å². The van der Waals surface area contributed by atoms with Gasteiger partial charge in [-0.15, -0.1) is 0 Å². The van der Waals surface area contributed by atoms with Crippen molar-refractivity contribution in [3.8, 4) is 0 Å². The number of benzene rings is 4. The molecule has 0 radical (unpaired) electrons. The van der Waals surface area contributed by atoms with Crippen LogP contribution in [0.1, 0.15) is 144 Å². The van der Waals surface area contributed by atoms with Crippen LogP contribution in [0, 0.1) is 23.7 Å². The van der Waals surface area contributed by atoms with Crippen LogP contribution in [0.5, 0.6) is 0 Å². The molecule has 10 rings (SSSR count). The average molecular weight is 1310 g/mol. The summed E-state index contributed by atoms with van der Waals surface area (Å²) in [4.78, 5) is 127. The molecule has 5 N–H and O–H groups in total. The Morgan fingerprint density at radius 2 is 0.916 bits per heavy atom. The van der Waals surface area contributed by atoms with E-state index in [4.69, 9.17) is 24.7 Å². The molecule has 514 valence electrons. The average Bonchev–Trinajstić information content (AvgIpc) is 1.60. The van der Waals surface area contributed by atoms with Crippen LogP contribution in [0.4, 0.5) is 25.8 Å². The van der Waals surface area contributed by atoms with Crippen molar-refractivity contribution in [3.05, 3.63) is 132 Å². The van der Waals surface area contributed by atoms with Crippen LogP contribution in [0.25, 0.3) is 0 Å². The fourth-order valence-corrected chi connectivity index (χ4v) is 14.0. The number of para-hydroxylation sites is 2. The van der Waals surface area contributed by atoms with E-state index in [2.05, 4.69) is 16.0 Å². The van der Waals surface area contributed by atoms with Crippen LogP contribution in [-0.4, -0.2) is 165 Å². The van der Waals surface area contributed by atoms with E-state index in [1.165, 1.54) is 25.3 Å². The molecule has 9 atom stereocenters. The van der Waals surface area contributed by atoms with E-state index < -0.39 is 77.9 Å². The zero-order valence-electron chi connectivity index (χ0n) is 56.7. The van der Waals surface area contributed by atoms with Crippen LogP contribution >= 0.6 is 0 Å². The lowest BCUT2D eigenvalue weighted by atomic mass is 9.83. The molecule has 22 heteroatoms. The van der Waals surface area contributed by atoms with Gasteiger partial charge in [-0.2, -0.15) is 0 Å². The number of likely N-dealkylation sites (N-methyl/N-ethyl adjacent to an activating group) is 1. The Kier molecular flexibility index (Phi) is 25.3. The molecular formula is C73H99N9O13. The van der Waals surface area contributed by atoms with Crippen molar-refractivity contribution in [2.24, 2.45) is 29.4 Å². The second kappa shape index (κ2) is 33.2. The summed E-state index contributed by atoms with van der Waals surface area (Å²) in [6, 6.07) is 33.1. The van der Waals surface area contributed by atoms with Crippen molar-refractivity contribution >= 4 is 65.2 Å². The number of anilines is 2. The highest BCUT2D eigenvalue weighted by Gasteiger charge is 2.57. The Morgan fingerprint density at radius 3 is 1.31 bits per heavy atom. The summed E-state index contributed by atoms with van der Waals surface area (Å²) in [5.74, 6) is -2.80. The number of fused-ring (bicyclic) bond motifs is 2. The molecule has 2 aliphatic carbocycles. The third-order valence-corrected chi connectivity index (χ3v) is 18.7. The van der Waals surface area contributed by atoms with E-state index >= 15 is 0 Å². The molecule has 0 spiro atoms. The third kappa shape index (κ3) is 19.8. The summed E-state index contributed by atoms with van der Waals surface area (Å²) in [7, 11) is 1.50. The standard InChI is InChI=1S/C38H51N5O7.C29H36N4O4.C6H12O2/c1-25(41(5)36(47)50-38(2,3)4)33(44)40-31(27-17-11-7-12-18-27)35(46)42-22-21-30-32(42)29(34(45)39-28-19-13-8-14-20-28)23-43(30)37(48)49-24-26-15-9-6-10-16-26;30-25(21-12-6-2-7-13-21)28(35)32-17-16-24-26(32)23(27(34)31-22-14-8-3-9-15-22)18-33(24)29(36)37-19-20-10-4-1-5-11-20;1-5(7)8-6(2,3)4/h6,8-10,13-16,19-20,25,27,29-32H,7,11-12,17-18,21-24H2,1-5H3,(H,39,45)(H,40,44);1,3-5,8-11,14-15,21,23-26H,2,6-7,12-13,16-19,30H2,(H,31,34);1-4H3/t25-,29-,30+,31-,32+;23-,24+,25-,26+;/m00./s1. The number of nitrogens with two attached hydrogens (primary N) is 1. The Hall–Kier alpha value is -8.53. The van der Waals surface area contributed by atoms with Crippen molar-refractivity contribution in [2.45, 2.75) is 199 Å². The van der Waals surface area contributed by atoms with Crippen molar-refractivity contribution in [2.75, 3.05) is 43.9 Å². The van der Waals surface area contributed by atoms with Crippen molar-refractivity contribution in [1.82, 2.24) is 29.8 Å². The maximum atomic E-state index is 14.7. The van der Waals surface area contributed by atoms with Crippen molar-refractivity contribution < 1.29 is 62.1 Å². The van der Waals surface area contributed by atoms with Crippen LogP contribution in [0.3, 0.4) is 0 Å². The van der Waals surface area contributed by atoms with Crippen LogP contribution in [-0.2, 0) is 60.9 Å². The number of rotatable bonds is 15. The van der Waals surface area contributed by atoms with E-state index in [1.807, 2.05) is 130 Å². The SMILES string of the molecule is CC(=O)OC(C)(C)C.C[C@@H](C(=O)N[C@H](C(=O)N1CC[C@@H]2[C@H]1[C@@H](C(=O)Nc1ccccc1)CN2C(=O)OCc1ccccc1)C1CCCCC1)N(C)C(=O)OC(C)(C)C.N[C@H](C(=O)N1CC[C@@H]2[C@H]1[C@@H](C(=O)Nc1ccccc1)CN2C(=O)OCc1ccccc1)C1CCCCC1. The minimum Gasteiger partial charge on any atom is -0.460 e. The lowest BCUT2D eigenvalue weighted by molar-refractivity contribution is -0.152. The van der Waals surface area contributed by atoms with Crippen molar-refractivity contribution in [3.63, 3.8) is 0 Å². The molecule has 0 bridgehead atoms. The normalized spacial score (nSPS) is 21.9. The zero-order valence-corrected chi connectivity index (χ0v) is 56.7. The molecule has 22 nitrogen and oxygen atoms in total. The first-order chi connectivity index (χ1) is 45.3. The van der Waals surface area contributed by atoms with Crippen LogP contribution in [0.15, 0.2) is 121 Å². The van der Waals surface area contributed by atoms with Gasteiger partial charge in [0.25, 0.3) is 0 Å². The highest BCUT2D eigenvalue weighted by Crippen LogP contribution is 2.41. The molecule has 0 aromatic heterocycles. The van der Waals surface area contributed by atoms with E-state index in [9.17, 15) is 43.2 Å². The van der Waals surface area contributed by atoms with Gasteiger partial charge in [-0.1, -0.05) is 136 Å². The first-order valence-electron chi connectivity index (χ1n) is 33.8. The molecule has 95 heavy (non-hydrogen) atoms. The van der Waals surface area contributed by atoms with Gasteiger partial charge in [-0.25, -0.2) is 14.4 Å². The molecule has 4 aromatic rings. The first-order valence-corrected chi connectivity index (χ1v) is 33.8. The minimum absolute atomic E-state index is 0.0861. The Balaban J connectivity index is 0.000000225. The lowest BCUT2D eigenvalue weighted by Gasteiger charge is -2.37. The maximum absolute atomic E-state index is 14.7. The molecular weight excluding hydrogens is 1210 g/mol. The Labute approximate surface area is 559 Å². The number of nitrogens with one attached hydrogen (secondary N) is 3. The minimum atomic E-state index is -0.902. The van der Waals surface area contributed by atoms with Gasteiger partial charge in [0.1, 0.15) is 36.5 Å². The number of amides is 8. The lowest BCUT2D eigenvalue weighted by Crippen LogP contribution is -2.58. The van der Waals surface area contributed by atoms with Crippen LogP contribution < -0.4 is 21.7 Å². The topological polar surface area (TPSA) is 269 Å². The quantitative estimate of drug-likeness (QED) is 0.0637. The monoisotopic (exact) mass is 1310 g/mol. The predicted octanol–water partition coefficient (Wildman–Crippen LogP) is 10.3. The molecule has 8 amide bonds. The molecule has 4 aliphatic heterocycles. The summed E-state index contributed by atoms with van der Waals surface area (Å²) >= 11 is 0. The summed E-state index contributed by atoms with van der Waals surface area (Å²) in [5, 5.41) is 8.97. The van der Waals surface area contributed by atoms with Gasteiger partial charge in [-0.05, 0) is 134 Å². The molecule has 4 saturated heterocycles. The van der Waals surface area contributed by atoms with Crippen LogP contribution in [0.2, 0.25) is 0 Å². The molecule has 4 heterocycles. The van der Waals surface area contributed by atoms with Gasteiger partial charge in [-0.3, -0.25) is 33.7 Å². The Bertz CT molecular complexity index is 3230. The number of nitrogens with zero attached hydrogens (tertiary/aromatic N) is 5. The first kappa shape index (κ1) is 72.3. The number of esters is 1. The van der Waals surface area contributed by atoms with Gasteiger partial charge >= 0.3 is 24.2 Å². The van der Waals surface area contributed by atoms with Gasteiger partial charge in [0, 0.05) is 51.5 Å². The summed E-state index contributed by atoms with van der Waals surface area (Å²) in [6.07, 6.45) is 9.21. The number of likely N-dealkylation sites (tertiary alicyclic amines) is 4. The number of ether oxygens (including phenoxy) is 4. The zero-order chi connectivity index (χ0) is 68.6. The molecule has 2 saturated carbocycles. The third-order valence-electron chi connectivity index (χ3n) is 18.7. The fraction of sp³-hybridized carbons (Fsp3) is 0.548. The second-order valence-corrected chi connectivity index (χ2v) is 27.8. The molecule has 6 aliphatic rings. The Morgan fingerprint density at radius 1 is 0.526 bits per heavy atom. The van der Waals surface area contributed by atoms with Crippen molar-refractivity contribution in [1.29, 1.82) is 0 Å². The van der Waals surface area contributed by atoms with Gasteiger partial charge in [0.05, 0.1) is 42.0 Å². The fourth-order valence-electron chi connectivity index (χ4n) is 14.0. The van der Waals surface area contributed by atoms with E-state index in [0.29, 0.717) is 37.3 Å². The highest BCUT2D eigenvalue weighted by atomic mass is 16.6. The number of carbonyl (C=O) groups is 9. The number of carbonyl (C=O) groups excluding carboxylic acids is 9. The number of hydrogen-bond acceptors (Lipinski definition) is 14. The largest absolute Gasteiger partial charge is 0.460 e. The second-order valence-electron chi connectivity index (χ2n) is 27.8. The summed E-state index contributed by atoms with van der Waals surface area (Å²) in [6.45, 7) is 15.1. The smallest absolute Gasteiger partial charge is 0.410 e. The summed E-state index contributed by atoms with van der Waals surface area (Å²) < 4.78 is 21.6. The predicted molar refractivity (Wildman–Crippen MR) is 360 cm³/mol. The summed E-state index contributed by atoms with van der Waals surface area (Å²) in [5.41, 5.74) is 8.49. The molecule has 0 unspecified atom stereocenters. The van der Waals surface area contributed by atoms with Gasteiger partial charge in [0.15, 0.2) is 0 Å². The maximum Gasteiger partial charge on any atom is 0.410 e. The number of hydrogen-bond donors (Lipinski definition) is 4. The molecule has 6 fully saturated rings. The van der Waals surface area contributed by atoms with E-state index in [-0.39, 0.29) is 79.4 Å². The van der Waals surface area contributed by atoms with Gasteiger partial charge in [0.2, 0.25) is 29.5 Å². The highest BCUT2D eigenvalue weighted by molar-refractivity contribution is 5.97.